The van der Waals surface area contributed by atoms with Gasteiger partial charge in [0.1, 0.15) is 6.04 Å². The molecule has 0 aromatic carbocycles. The Balaban J connectivity index is 2.19. The van der Waals surface area contributed by atoms with Crippen molar-refractivity contribution in [3.05, 3.63) is 22.7 Å². The van der Waals surface area contributed by atoms with Gasteiger partial charge < -0.3 is 14.8 Å². The third-order valence-electron chi connectivity index (χ3n) is 2.76. The van der Waals surface area contributed by atoms with Gasteiger partial charge in [0.25, 0.3) is 5.56 Å². The van der Waals surface area contributed by atoms with Crippen molar-refractivity contribution in [1.82, 2.24) is 14.5 Å². The summed E-state index contributed by atoms with van der Waals surface area (Å²) in [5, 5.41) is 2.89. The van der Waals surface area contributed by atoms with Gasteiger partial charge in [-0.15, -0.1) is 0 Å². The van der Waals surface area contributed by atoms with Crippen molar-refractivity contribution in [3.8, 4) is 0 Å². The van der Waals surface area contributed by atoms with Crippen molar-refractivity contribution < 1.29 is 4.79 Å². The number of hydrogen-bond donors (Lipinski definition) is 1. The van der Waals surface area contributed by atoms with Crippen LogP contribution in [0.15, 0.2) is 17.2 Å². The fraction of sp³-hybridized carbons (Fsp3) is 0.500. The second kappa shape index (κ2) is 3.96. The Morgan fingerprint density at radius 2 is 2.19 bits per heavy atom. The molecule has 16 heavy (non-hydrogen) atoms. The van der Waals surface area contributed by atoms with E-state index in [1.54, 1.807) is 25.2 Å². The lowest BCUT2D eigenvalue weighted by atomic mass is 10.2. The highest BCUT2D eigenvalue weighted by molar-refractivity contribution is 5.86. The summed E-state index contributed by atoms with van der Waals surface area (Å²) in [5.41, 5.74) is -0.218. The van der Waals surface area contributed by atoms with Crippen LogP contribution in [0.1, 0.15) is 6.42 Å². The normalized spacial score (nSPS) is 20.2. The van der Waals surface area contributed by atoms with Crippen LogP contribution in [0, 0.1) is 0 Å². The molecule has 1 unspecified atom stereocenters. The Bertz CT molecular complexity index is 468. The molecular weight excluding hydrogens is 208 g/mol. The summed E-state index contributed by atoms with van der Waals surface area (Å²) in [6, 6.07) is -0.326. The SMILES string of the molecule is CN1CCC(Nc2nccn(C)c2=O)C1=O. The number of aromatic nitrogens is 2. The minimum Gasteiger partial charge on any atom is -0.354 e. The molecule has 1 aliphatic rings. The Morgan fingerprint density at radius 3 is 2.81 bits per heavy atom. The average molecular weight is 222 g/mol. The molecule has 0 spiro atoms. The minimum atomic E-state index is -0.326. The van der Waals surface area contributed by atoms with Crippen molar-refractivity contribution in [2.75, 3.05) is 18.9 Å². The monoisotopic (exact) mass is 222 g/mol. The molecule has 6 nitrogen and oxygen atoms in total. The zero-order valence-electron chi connectivity index (χ0n) is 9.30. The van der Waals surface area contributed by atoms with Crippen LogP contribution >= 0.6 is 0 Å². The molecule has 1 aliphatic heterocycles. The zero-order chi connectivity index (χ0) is 11.7. The second-order valence-electron chi connectivity index (χ2n) is 3.94. The molecule has 1 N–H and O–H groups in total. The number of rotatable bonds is 2. The van der Waals surface area contributed by atoms with Crippen LogP contribution in [0.2, 0.25) is 0 Å². The molecule has 0 bridgehead atoms. The van der Waals surface area contributed by atoms with Crippen molar-refractivity contribution in [3.63, 3.8) is 0 Å². The molecule has 0 aliphatic carbocycles. The van der Waals surface area contributed by atoms with Crippen LogP contribution < -0.4 is 10.9 Å². The summed E-state index contributed by atoms with van der Waals surface area (Å²) in [6.07, 6.45) is 3.82. The largest absolute Gasteiger partial charge is 0.354 e. The van der Waals surface area contributed by atoms with E-state index < -0.39 is 0 Å². The van der Waals surface area contributed by atoms with Crippen molar-refractivity contribution in [2.45, 2.75) is 12.5 Å². The highest BCUT2D eigenvalue weighted by atomic mass is 16.2. The number of aryl methyl sites for hydroxylation is 1. The fourth-order valence-electron chi connectivity index (χ4n) is 1.72. The van der Waals surface area contributed by atoms with Gasteiger partial charge in [0.05, 0.1) is 0 Å². The molecule has 1 aromatic rings. The number of likely N-dealkylation sites (tertiary alicyclic amines) is 1. The number of carbonyl (C=O) groups excluding carboxylic acids is 1. The topological polar surface area (TPSA) is 67.2 Å². The first kappa shape index (κ1) is 10.7. The van der Waals surface area contributed by atoms with Gasteiger partial charge in [-0.3, -0.25) is 9.59 Å². The maximum Gasteiger partial charge on any atom is 0.293 e. The van der Waals surface area contributed by atoms with Crippen LogP contribution in [0.25, 0.3) is 0 Å². The number of amides is 1. The highest BCUT2D eigenvalue weighted by Gasteiger charge is 2.29. The fourth-order valence-corrected chi connectivity index (χ4v) is 1.72. The van der Waals surface area contributed by atoms with Crippen LogP contribution in [-0.2, 0) is 11.8 Å². The van der Waals surface area contributed by atoms with Crippen LogP contribution in [0.5, 0.6) is 0 Å². The van der Waals surface area contributed by atoms with E-state index >= 15 is 0 Å². The number of nitrogens with zero attached hydrogens (tertiary/aromatic N) is 3. The highest BCUT2D eigenvalue weighted by Crippen LogP contribution is 2.11. The maximum atomic E-state index is 11.7. The summed E-state index contributed by atoms with van der Waals surface area (Å²) in [4.78, 5) is 28.9. The first-order valence-corrected chi connectivity index (χ1v) is 5.13. The molecule has 1 amide bonds. The van der Waals surface area contributed by atoms with E-state index in [0.29, 0.717) is 13.0 Å². The molecule has 1 fully saturated rings. The standard InChI is InChI=1S/C10H14N4O2/c1-13-5-3-7(9(13)15)12-8-10(16)14(2)6-4-11-8/h4,6-7H,3,5H2,1-2H3,(H,11,12). The molecule has 6 heteroatoms. The number of likely N-dealkylation sites (N-methyl/N-ethyl adjacent to an activating group) is 1. The molecule has 2 heterocycles. The maximum absolute atomic E-state index is 11.7. The number of carbonyl (C=O) groups is 1. The minimum absolute atomic E-state index is 0.00714. The van der Waals surface area contributed by atoms with Gasteiger partial charge in [0, 0.05) is 33.0 Å². The first-order chi connectivity index (χ1) is 7.59. The molecular formula is C10H14N4O2. The predicted molar refractivity (Wildman–Crippen MR) is 59.1 cm³/mol. The first-order valence-electron chi connectivity index (χ1n) is 5.13. The van der Waals surface area contributed by atoms with E-state index in [1.165, 1.54) is 10.8 Å². The molecule has 0 radical (unpaired) electrons. The third-order valence-corrected chi connectivity index (χ3v) is 2.76. The lowest BCUT2D eigenvalue weighted by Gasteiger charge is -2.12. The Labute approximate surface area is 92.9 Å². The van der Waals surface area contributed by atoms with Gasteiger partial charge in [0.2, 0.25) is 5.91 Å². The third kappa shape index (κ3) is 1.78. The van der Waals surface area contributed by atoms with Crippen LogP contribution in [-0.4, -0.2) is 40.0 Å². The smallest absolute Gasteiger partial charge is 0.293 e. The van der Waals surface area contributed by atoms with Crippen molar-refractivity contribution in [2.24, 2.45) is 7.05 Å². The number of anilines is 1. The summed E-state index contributed by atoms with van der Waals surface area (Å²) < 4.78 is 1.43. The zero-order valence-corrected chi connectivity index (χ0v) is 9.30. The van der Waals surface area contributed by atoms with Gasteiger partial charge in [0.15, 0.2) is 5.82 Å². The van der Waals surface area contributed by atoms with Gasteiger partial charge in [-0.25, -0.2) is 4.98 Å². The lowest BCUT2D eigenvalue weighted by molar-refractivity contribution is -0.127. The Hall–Kier alpha value is -1.85. The van der Waals surface area contributed by atoms with Gasteiger partial charge in [-0.1, -0.05) is 0 Å². The average Bonchev–Trinajstić information content (AvgIpc) is 2.57. The summed E-state index contributed by atoms with van der Waals surface area (Å²) in [6.45, 7) is 0.712. The second-order valence-corrected chi connectivity index (χ2v) is 3.94. The van der Waals surface area contributed by atoms with Crippen molar-refractivity contribution >= 4 is 11.7 Å². The van der Waals surface area contributed by atoms with Crippen LogP contribution in [0.4, 0.5) is 5.82 Å². The van der Waals surface area contributed by atoms with Crippen LogP contribution in [0.3, 0.4) is 0 Å². The molecule has 0 saturated carbocycles. The van der Waals surface area contributed by atoms with E-state index in [0.717, 1.165) is 0 Å². The molecule has 1 atom stereocenters. The Morgan fingerprint density at radius 1 is 1.44 bits per heavy atom. The lowest BCUT2D eigenvalue weighted by Crippen LogP contribution is -2.34. The predicted octanol–water partition coefficient (Wildman–Crippen LogP) is -0.577. The van der Waals surface area contributed by atoms with E-state index in [-0.39, 0.29) is 23.3 Å². The molecule has 1 saturated heterocycles. The Kier molecular flexibility index (Phi) is 2.64. The van der Waals surface area contributed by atoms with Gasteiger partial charge in [-0.05, 0) is 6.42 Å². The summed E-state index contributed by atoms with van der Waals surface area (Å²) in [5.74, 6) is 0.242. The van der Waals surface area contributed by atoms with E-state index in [1.807, 2.05) is 0 Å². The van der Waals surface area contributed by atoms with Crippen molar-refractivity contribution in [1.29, 1.82) is 0 Å². The molecule has 86 valence electrons. The summed E-state index contributed by atoms with van der Waals surface area (Å²) >= 11 is 0. The van der Waals surface area contributed by atoms with Gasteiger partial charge >= 0.3 is 0 Å². The number of nitrogens with one attached hydrogen (secondary N) is 1. The van der Waals surface area contributed by atoms with E-state index in [2.05, 4.69) is 10.3 Å². The van der Waals surface area contributed by atoms with Gasteiger partial charge in [-0.2, -0.15) is 0 Å². The van der Waals surface area contributed by atoms with E-state index in [9.17, 15) is 9.59 Å². The molecule has 1 aromatic heterocycles. The summed E-state index contributed by atoms with van der Waals surface area (Å²) in [7, 11) is 3.40. The number of hydrogen-bond acceptors (Lipinski definition) is 4. The quantitative estimate of drug-likeness (QED) is 0.727. The molecule has 2 rings (SSSR count). The van der Waals surface area contributed by atoms with E-state index in [4.69, 9.17) is 0 Å².